The Labute approximate surface area is 111 Å². The Hall–Kier alpha value is -1.36. The lowest BCUT2D eigenvalue weighted by Gasteiger charge is -2.16. The minimum absolute atomic E-state index is 0.0300. The molecule has 0 aromatic carbocycles. The van der Waals surface area contributed by atoms with Gasteiger partial charge in [0.15, 0.2) is 0 Å². The molecule has 2 rings (SSSR count). The number of nitrogens with zero attached hydrogens (tertiary/aromatic N) is 1. The molecular weight excluding hydrogens is 248 g/mol. The van der Waals surface area contributed by atoms with Crippen molar-refractivity contribution in [1.82, 2.24) is 4.90 Å². The summed E-state index contributed by atoms with van der Waals surface area (Å²) in [5, 5.41) is 0. The highest BCUT2D eigenvalue weighted by molar-refractivity contribution is 7.14. The molecule has 98 valence electrons. The third-order valence-corrected chi connectivity index (χ3v) is 4.50. The lowest BCUT2D eigenvalue weighted by Crippen LogP contribution is -2.34. The van der Waals surface area contributed by atoms with E-state index in [1.165, 1.54) is 21.8 Å². The van der Waals surface area contributed by atoms with Gasteiger partial charge in [0.25, 0.3) is 5.91 Å². The van der Waals surface area contributed by atoms with Crippen molar-refractivity contribution >= 4 is 23.2 Å². The molecule has 1 aromatic heterocycles. The maximum atomic E-state index is 12.1. The highest BCUT2D eigenvalue weighted by Gasteiger charge is 2.22. The number of nitrogens with two attached hydrogens (primary N) is 1. The quantitative estimate of drug-likeness (QED) is 0.899. The predicted octanol–water partition coefficient (Wildman–Crippen LogP) is 1.43. The molecule has 1 heterocycles. The number of hydrogen-bond donors (Lipinski definition) is 1. The summed E-state index contributed by atoms with van der Waals surface area (Å²) < 4.78 is 0. The fourth-order valence-electron chi connectivity index (χ4n) is 2.30. The molecule has 2 amide bonds. The maximum Gasteiger partial charge on any atom is 0.264 e. The topological polar surface area (TPSA) is 63.4 Å². The summed E-state index contributed by atoms with van der Waals surface area (Å²) in [5.74, 6) is 0.0973. The van der Waals surface area contributed by atoms with Gasteiger partial charge in [0, 0.05) is 11.9 Å². The molecular formula is C13H18N2O2S. The molecule has 0 radical (unpaired) electrons. The van der Waals surface area contributed by atoms with E-state index in [0.717, 1.165) is 17.7 Å². The number of carbonyl (C=O) groups excluding carboxylic acids is 2. The van der Waals surface area contributed by atoms with Gasteiger partial charge in [-0.25, -0.2) is 0 Å². The van der Waals surface area contributed by atoms with Crippen LogP contribution in [0.25, 0.3) is 0 Å². The van der Waals surface area contributed by atoms with E-state index < -0.39 is 5.91 Å². The van der Waals surface area contributed by atoms with Gasteiger partial charge in [-0.1, -0.05) is 6.92 Å². The summed E-state index contributed by atoms with van der Waals surface area (Å²) in [5.41, 5.74) is 6.40. The van der Waals surface area contributed by atoms with E-state index in [-0.39, 0.29) is 12.5 Å². The van der Waals surface area contributed by atoms with Crippen LogP contribution in [0.15, 0.2) is 6.07 Å². The Morgan fingerprint density at radius 1 is 1.56 bits per heavy atom. The van der Waals surface area contributed by atoms with Crippen LogP contribution in [-0.4, -0.2) is 30.3 Å². The Morgan fingerprint density at radius 2 is 2.28 bits per heavy atom. The van der Waals surface area contributed by atoms with E-state index in [2.05, 4.69) is 6.92 Å². The van der Waals surface area contributed by atoms with Gasteiger partial charge in [0.05, 0.1) is 11.4 Å². The van der Waals surface area contributed by atoms with Gasteiger partial charge >= 0.3 is 0 Å². The molecule has 1 aliphatic carbocycles. The molecule has 1 aliphatic rings. The molecule has 0 fully saturated rings. The number of thiophene rings is 1. The number of likely N-dealkylation sites (N-methyl/N-ethyl adjacent to an activating group) is 1. The summed E-state index contributed by atoms with van der Waals surface area (Å²) in [6.07, 6.45) is 3.31. The second-order valence-corrected chi connectivity index (χ2v) is 6.17. The average molecular weight is 266 g/mol. The van der Waals surface area contributed by atoms with Gasteiger partial charge in [0.2, 0.25) is 5.91 Å². The number of fused-ring (bicyclic) bond motifs is 1. The van der Waals surface area contributed by atoms with E-state index in [4.69, 9.17) is 5.73 Å². The van der Waals surface area contributed by atoms with Crippen LogP contribution >= 0.6 is 11.3 Å². The van der Waals surface area contributed by atoms with E-state index in [0.29, 0.717) is 5.92 Å². The first kappa shape index (κ1) is 13.1. The predicted molar refractivity (Wildman–Crippen MR) is 71.7 cm³/mol. The van der Waals surface area contributed by atoms with Crippen molar-refractivity contribution in [2.45, 2.75) is 26.2 Å². The molecule has 18 heavy (non-hydrogen) atoms. The summed E-state index contributed by atoms with van der Waals surface area (Å²) >= 11 is 1.56. The molecule has 0 aliphatic heterocycles. The molecule has 5 heteroatoms. The van der Waals surface area contributed by atoms with Gasteiger partial charge in [-0.15, -0.1) is 11.3 Å². The van der Waals surface area contributed by atoms with Crippen LogP contribution in [-0.2, 0) is 17.6 Å². The molecule has 0 bridgehead atoms. The molecule has 0 spiro atoms. The Bertz CT molecular complexity index is 481. The summed E-state index contributed by atoms with van der Waals surface area (Å²) in [6, 6.07) is 1.98. The summed E-state index contributed by atoms with van der Waals surface area (Å²) in [7, 11) is 1.61. The van der Waals surface area contributed by atoms with Crippen LogP contribution in [0.2, 0.25) is 0 Å². The fourth-order valence-corrected chi connectivity index (χ4v) is 3.51. The Morgan fingerprint density at radius 3 is 2.94 bits per heavy atom. The molecule has 1 atom stereocenters. The van der Waals surface area contributed by atoms with Crippen molar-refractivity contribution in [3.05, 3.63) is 21.4 Å². The van der Waals surface area contributed by atoms with E-state index in [1.807, 2.05) is 6.07 Å². The number of amides is 2. The van der Waals surface area contributed by atoms with Crippen molar-refractivity contribution in [1.29, 1.82) is 0 Å². The minimum atomic E-state index is -0.485. The number of aryl methyl sites for hydroxylation is 1. The van der Waals surface area contributed by atoms with Gasteiger partial charge < -0.3 is 10.6 Å². The van der Waals surface area contributed by atoms with E-state index in [1.54, 1.807) is 18.4 Å². The maximum absolute atomic E-state index is 12.1. The van der Waals surface area contributed by atoms with Gasteiger partial charge in [-0.05, 0) is 36.8 Å². The largest absolute Gasteiger partial charge is 0.368 e. The minimum Gasteiger partial charge on any atom is -0.368 e. The Balaban J connectivity index is 2.14. The fraction of sp³-hybridized carbons (Fsp3) is 0.538. The lowest BCUT2D eigenvalue weighted by atomic mass is 9.90. The molecule has 2 N–H and O–H groups in total. The van der Waals surface area contributed by atoms with Gasteiger partial charge in [-0.3, -0.25) is 9.59 Å². The van der Waals surface area contributed by atoms with Crippen molar-refractivity contribution in [3.63, 3.8) is 0 Å². The highest BCUT2D eigenvalue weighted by Crippen LogP contribution is 2.32. The summed E-state index contributed by atoms with van der Waals surface area (Å²) in [6.45, 7) is 2.21. The molecule has 0 saturated heterocycles. The summed E-state index contributed by atoms with van der Waals surface area (Å²) in [4.78, 5) is 26.3. The molecule has 4 nitrogen and oxygen atoms in total. The van der Waals surface area contributed by atoms with Crippen molar-refractivity contribution < 1.29 is 9.59 Å². The lowest BCUT2D eigenvalue weighted by molar-refractivity contribution is -0.118. The van der Waals surface area contributed by atoms with Crippen LogP contribution < -0.4 is 5.73 Å². The molecule has 1 aromatic rings. The SMILES string of the molecule is C[C@H]1CCc2sc(C(=O)N(C)CC(N)=O)cc2C1. The van der Waals surface area contributed by atoms with Crippen LogP contribution in [0.5, 0.6) is 0 Å². The second kappa shape index (κ2) is 5.10. The molecule has 0 unspecified atom stereocenters. The molecule has 0 saturated carbocycles. The second-order valence-electron chi connectivity index (χ2n) is 5.03. The van der Waals surface area contributed by atoms with Gasteiger partial charge in [0.1, 0.15) is 0 Å². The normalized spacial score (nSPS) is 18.2. The third kappa shape index (κ3) is 2.72. The van der Waals surface area contributed by atoms with Crippen molar-refractivity contribution in [2.75, 3.05) is 13.6 Å². The van der Waals surface area contributed by atoms with Crippen LogP contribution in [0.4, 0.5) is 0 Å². The Kier molecular flexibility index (Phi) is 3.71. The van der Waals surface area contributed by atoms with Crippen LogP contribution in [0, 0.1) is 5.92 Å². The van der Waals surface area contributed by atoms with Crippen LogP contribution in [0.1, 0.15) is 33.5 Å². The van der Waals surface area contributed by atoms with Crippen LogP contribution in [0.3, 0.4) is 0 Å². The van der Waals surface area contributed by atoms with Crippen molar-refractivity contribution in [2.24, 2.45) is 11.7 Å². The number of carbonyl (C=O) groups is 2. The van der Waals surface area contributed by atoms with Crippen molar-refractivity contribution in [3.8, 4) is 0 Å². The third-order valence-electron chi connectivity index (χ3n) is 3.28. The first-order valence-corrected chi connectivity index (χ1v) is 6.94. The smallest absolute Gasteiger partial charge is 0.264 e. The zero-order chi connectivity index (χ0) is 13.3. The highest BCUT2D eigenvalue weighted by atomic mass is 32.1. The first-order valence-electron chi connectivity index (χ1n) is 6.12. The van der Waals surface area contributed by atoms with E-state index >= 15 is 0 Å². The number of hydrogen-bond acceptors (Lipinski definition) is 3. The zero-order valence-electron chi connectivity index (χ0n) is 10.7. The first-order chi connectivity index (χ1) is 8.47. The van der Waals surface area contributed by atoms with E-state index in [9.17, 15) is 9.59 Å². The monoisotopic (exact) mass is 266 g/mol. The number of rotatable bonds is 3. The average Bonchev–Trinajstić information content (AvgIpc) is 2.69. The van der Waals surface area contributed by atoms with Gasteiger partial charge in [-0.2, -0.15) is 0 Å². The zero-order valence-corrected chi connectivity index (χ0v) is 11.5. The number of primary amides is 1. The standard InChI is InChI=1S/C13H18N2O2S/c1-8-3-4-10-9(5-8)6-11(18-10)13(17)15(2)7-12(14)16/h6,8H,3-5,7H2,1-2H3,(H2,14,16)/t8-/m0/s1.